The molecule has 1 heterocycles. The Labute approximate surface area is 53.1 Å². The van der Waals surface area contributed by atoms with Gasteiger partial charge in [0.25, 0.3) is 0 Å². The van der Waals surface area contributed by atoms with E-state index < -0.39 is 5.97 Å². The van der Waals surface area contributed by atoms with Gasteiger partial charge in [-0.3, -0.25) is 4.79 Å². The Hall–Kier alpha value is -0.570. The number of carboxylic acid groups (broad SMARTS) is 1. The SMILES string of the molecule is O=C(O)[C@H]1NCC2CC21. The van der Waals surface area contributed by atoms with E-state index in [0.29, 0.717) is 11.8 Å². The molecule has 3 heteroatoms. The maximum absolute atomic E-state index is 10.4. The van der Waals surface area contributed by atoms with E-state index in [1.165, 1.54) is 0 Å². The fourth-order valence-electron chi connectivity index (χ4n) is 1.61. The van der Waals surface area contributed by atoms with Crippen LogP contribution in [0.2, 0.25) is 0 Å². The average molecular weight is 127 g/mol. The van der Waals surface area contributed by atoms with E-state index in [1.807, 2.05) is 0 Å². The molecule has 3 atom stereocenters. The summed E-state index contributed by atoms with van der Waals surface area (Å²) in [6.45, 7) is 0.918. The second kappa shape index (κ2) is 1.48. The van der Waals surface area contributed by atoms with Crippen LogP contribution in [0.4, 0.5) is 0 Å². The molecule has 3 nitrogen and oxygen atoms in total. The number of hydrogen-bond acceptors (Lipinski definition) is 2. The number of carbonyl (C=O) groups is 1. The second-order valence-corrected chi connectivity index (χ2v) is 2.88. The molecule has 0 aromatic rings. The fourth-order valence-corrected chi connectivity index (χ4v) is 1.61. The van der Waals surface area contributed by atoms with Gasteiger partial charge in [-0.05, 0) is 24.8 Å². The van der Waals surface area contributed by atoms with Gasteiger partial charge < -0.3 is 10.4 Å². The maximum Gasteiger partial charge on any atom is 0.320 e. The molecule has 2 N–H and O–H groups in total. The van der Waals surface area contributed by atoms with E-state index in [9.17, 15) is 4.79 Å². The molecular weight excluding hydrogens is 118 g/mol. The molecule has 1 saturated carbocycles. The highest BCUT2D eigenvalue weighted by molar-refractivity contribution is 5.75. The smallest absolute Gasteiger partial charge is 0.320 e. The van der Waals surface area contributed by atoms with Crippen LogP contribution in [0.25, 0.3) is 0 Å². The van der Waals surface area contributed by atoms with E-state index in [1.54, 1.807) is 0 Å². The number of rotatable bonds is 1. The summed E-state index contributed by atoms with van der Waals surface area (Å²) in [6, 6.07) is -0.227. The van der Waals surface area contributed by atoms with Crippen LogP contribution in [0.1, 0.15) is 6.42 Å². The molecule has 2 unspecified atom stereocenters. The van der Waals surface area contributed by atoms with Gasteiger partial charge >= 0.3 is 5.97 Å². The van der Waals surface area contributed by atoms with Crippen molar-refractivity contribution < 1.29 is 9.90 Å². The summed E-state index contributed by atoms with van der Waals surface area (Å²) in [5.41, 5.74) is 0. The molecule has 1 aliphatic carbocycles. The second-order valence-electron chi connectivity index (χ2n) is 2.88. The van der Waals surface area contributed by atoms with Crippen molar-refractivity contribution >= 4 is 5.97 Å². The summed E-state index contributed by atoms with van der Waals surface area (Å²) in [5.74, 6) is 0.466. The Bertz CT molecular complexity index is 157. The molecule has 9 heavy (non-hydrogen) atoms. The summed E-state index contributed by atoms with van der Waals surface area (Å²) < 4.78 is 0. The van der Waals surface area contributed by atoms with Gasteiger partial charge in [0.05, 0.1) is 0 Å². The van der Waals surface area contributed by atoms with Gasteiger partial charge in [-0.2, -0.15) is 0 Å². The quantitative estimate of drug-likeness (QED) is 0.507. The van der Waals surface area contributed by atoms with Gasteiger partial charge in [-0.25, -0.2) is 0 Å². The summed E-state index contributed by atoms with van der Waals surface area (Å²) in [4.78, 5) is 10.4. The minimum absolute atomic E-state index is 0.227. The standard InChI is InChI=1S/C6H9NO2/c8-6(9)5-4-1-3(4)2-7-5/h3-5,7H,1-2H2,(H,8,9)/t3?,4?,5-/m0/s1. The van der Waals surface area contributed by atoms with Crippen molar-refractivity contribution in [1.29, 1.82) is 0 Å². The summed E-state index contributed by atoms with van der Waals surface area (Å²) >= 11 is 0. The number of hydrogen-bond donors (Lipinski definition) is 2. The van der Waals surface area contributed by atoms with Gasteiger partial charge in [0, 0.05) is 0 Å². The third-order valence-corrected chi connectivity index (χ3v) is 2.27. The van der Waals surface area contributed by atoms with E-state index in [-0.39, 0.29) is 6.04 Å². The van der Waals surface area contributed by atoms with Crippen LogP contribution in [0.15, 0.2) is 0 Å². The first-order valence-electron chi connectivity index (χ1n) is 3.25. The number of nitrogens with one attached hydrogen (secondary N) is 1. The summed E-state index contributed by atoms with van der Waals surface area (Å²) in [5, 5.41) is 11.5. The van der Waals surface area contributed by atoms with Crippen LogP contribution in [-0.4, -0.2) is 23.7 Å². The monoisotopic (exact) mass is 127 g/mol. The Morgan fingerprint density at radius 2 is 2.44 bits per heavy atom. The highest BCUT2D eigenvalue weighted by Gasteiger charge is 2.51. The van der Waals surface area contributed by atoms with E-state index >= 15 is 0 Å². The molecule has 0 spiro atoms. The fraction of sp³-hybridized carbons (Fsp3) is 0.833. The molecule has 1 saturated heterocycles. The lowest BCUT2D eigenvalue weighted by molar-refractivity contribution is -0.139. The van der Waals surface area contributed by atoms with Gasteiger partial charge in [0.2, 0.25) is 0 Å². The number of piperidine rings is 1. The zero-order valence-corrected chi connectivity index (χ0v) is 5.00. The van der Waals surface area contributed by atoms with Crippen LogP contribution in [0, 0.1) is 11.8 Å². The molecular formula is C6H9NO2. The maximum atomic E-state index is 10.4. The Morgan fingerprint density at radius 1 is 1.67 bits per heavy atom. The van der Waals surface area contributed by atoms with Crippen molar-refractivity contribution in [2.75, 3.05) is 6.54 Å². The molecule has 2 aliphatic rings. The summed E-state index contributed by atoms with van der Waals surface area (Å²) in [6.07, 6.45) is 1.13. The zero-order chi connectivity index (χ0) is 6.43. The normalized spacial score (nSPS) is 46.4. The molecule has 2 rings (SSSR count). The third kappa shape index (κ3) is 0.645. The lowest BCUT2D eigenvalue weighted by atomic mass is 10.2. The van der Waals surface area contributed by atoms with Crippen LogP contribution in [0.3, 0.4) is 0 Å². The van der Waals surface area contributed by atoms with Gasteiger partial charge in [0.15, 0.2) is 0 Å². The first kappa shape index (κ1) is 5.23. The molecule has 0 amide bonds. The van der Waals surface area contributed by atoms with Crippen molar-refractivity contribution in [2.45, 2.75) is 12.5 Å². The van der Waals surface area contributed by atoms with Crippen LogP contribution in [0.5, 0.6) is 0 Å². The van der Waals surface area contributed by atoms with Crippen molar-refractivity contribution in [1.82, 2.24) is 5.32 Å². The molecule has 0 radical (unpaired) electrons. The summed E-state index contributed by atoms with van der Waals surface area (Å²) in [7, 11) is 0. The molecule has 0 aromatic carbocycles. The van der Waals surface area contributed by atoms with Crippen molar-refractivity contribution in [3.63, 3.8) is 0 Å². The number of aliphatic carboxylic acids is 1. The predicted molar refractivity (Wildman–Crippen MR) is 31.0 cm³/mol. The van der Waals surface area contributed by atoms with Gasteiger partial charge in [0.1, 0.15) is 6.04 Å². The Kier molecular flexibility index (Phi) is 0.858. The van der Waals surface area contributed by atoms with Crippen LogP contribution >= 0.6 is 0 Å². The lowest BCUT2D eigenvalue weighted by Crippen LogP contribution is -2.34. The zero-order valence-electron chi connectivity index (χ0n) is 5.00. The van der Waals surface area contributed by atoms with E-state index in [4.69, 9.17) is 5.11 Å². The number of carboxylic acids is 1. The van der Waals surface area contributed by atoms with Crippen molar-refractivity contribution in [2.24, 2.45) is 11.8 Å². The largest absolute Gasteiger partial charge is 0.480 e. The van der Waals surface area contributed by atoms with Gasteiger partial charge in [-0.15, -0.1) is 0 Å². The van der Waals surface area contributed by atoms with E-state index in [0.717, 1.165) is 13.0 Å². The highest BCUT2D eigenvalue weighted by atomic mass is 16.4. The number of fused-ring (bicyclic) bond motifs is 1. The molecule has 50 valence electrons. The predicted octanol–water partition coefficient (Wildman–Crippen LogP) is -0.321. The van der Waals surface area contributed by atoms with Crippen molar-refractivity contribution in [3.8, 4) is 0 Å². The molecule has 0 bridgehead atoms. The van der Waals surface area contributed by atoms with Crippen molar-refractivity contribution in [3.05, 3.63) is 0 Å². The molecule has 1 aliphatic heterocycles. The van der Waals surface area contributed by atoms with E-state index in [2.05, 4.69) is 5.32 Å². The highest BCUT2D eigenvalue weighted by Crippen LogP contribution is 2.44. The Morgan fingerprint density at radius 3 is 2.67 bits per heavy atom. The molecule has 2 fully saturated rings. The average Bonchev–Trinajstić information content (AvgIpc) is 2.43. The third-order valence-electron chi connectivity index (χ3n) is 2.27. The Balaban J connectivity index is 2.06. The van der Waals surface area contributed by atoms with Gasteiger partial charge in [-0.1, -0.05) is 0 Å². The first-order valence-corrected chi connectivity index (χ1v) is 3.25. The first-order chi connectivity index (χ1) is 4.29. The molecule has 0 aromatic heterocycles. The minimum Gasteiger partial charge on any atom is -0.480 e. The minimum atomic E-state index is -0.681. The lowest BCUT2D eigenvalue weighted by Gasteiger charge is -2.04. The van der Waals surface area contributed by atoms with Crippen LogP contribution in [-0.2, 0) is 4.79 Å². The van der Waals surface area contributed by atoms with Crippen LogP contribution < -0.4 is 5.32 Å². The topological polar surface area (TPSA) is 49.3 Å².